The Balaban J connectivity index is 2.28. The first-order chi connectivity index (χ1) is 7.61. The molecule has 1 aromatic heterocycles. The molecule has 0 aromatic carbocycles. The third-order valence-corrected chi connectivity index (χ3v) is 5.27. The van der Waals surface area contributed by atoms with E-state index in [1.165, 1.54) is 28.1 Å². The number of aliphatic hydroxyl groups excluding tert-OH is 1. The molecular weight excluding hydrogens is 253 g/mol. The van der Waals surface area contributed by atoms with Gasteiger partial charge in [0.1, 0.15) is 0 Å². The first-order valence-electron chi connectivity index (χ1n) is 4.54. The smallest absolute Gasteiger partial charge is 0.350 e. The number of nitrogen functional groups attached to an aromatic ring is 1. The average molecular weight is 263 g/mol. The normalized spacial score (nSPS) is 24.9. The van der Waals surface area contributed by atoms with Gasteiger partial charge in [-0.25, -0.2) is 9.18 Å². The van der Waals surface area contributed by atoms with Crippen molar-refractivity contribution in [1.82, 2.24) is 9.55 Å². The molecule has 5 nitrogen and oxygen atoms in total. The summed E-state index contributed by atoms with van der Waals surface area (Å²) in [6.45, 7) is 0.0332. The predicted molar refractivity (Wildman–Crippen MR) is 62.8 cm³/mol. The highest BCUT2D eigenvalue weighted by Crippen LogP contribution is 2.43. The number of hydrogen-bond acceptors (Lipinski definition) is 6. The van der Waals surface area contributed by atoms with Gasteiger partial charge in [-0.15, -0.1) is 23.5 Å². The number of nitrogens with two attached hydrogens (primary N) is 1. The lowest BCUT2D eigenvalue weighted by Gasteiger charge is -2.12. The summed E-state index contributed by atoms with van der Waals surface area (Å²) in [5.41, 5.74) is 4.63. The van der Waals surface area contributed by atoms with E-state index < -0.39 is 11.5 Å². The number of aromatic nitrogens is 2. The van der Waals surface area contributed by atoms with E-state index in [2.05, 4.69) is 4.98 Å². The molecule has 1 aliphatic heterocycles. The molecule has 2 atom stereocenters. The van der Waals surface area contributed by atoms with Crippen LogP contribution in [-0.2, 0) is 0 Å². The third-order valence-electron chi connectivity index (χ3n) is 2.13. The molecule has 1 aliphatic rings. The van der Waals surface area contributed by atoms with E-state index in [1.54, 1.807) is 0 Å². The fourth-order valence-electron chi connectivity index (χ4n) is 1.35. The Morgan fingerprint density at radius 2 is 2.50 bits per heavy atom. The topological polar surface area (TPSA) is 81.1 Å². The van der Waals surface area contributed by atoms with E-state index >= 15 is 0 Å². The summed E-state index contributed by atoms with van der Waals surface area (Å²) in [6, 6.07) is 0. The summed E-state index contributed by atoms with van der Waals surface area (Å²) in [4.78, 5) is 14.9. The van der Waals surface area contributed by atoms with Crippen molar-refractivity contribution in [2.75, 3.05) is 18.1 Å². The Morgan fingerprint density at radius 1 is 1.75 bits per heavy atom. The van der Waals surface area contributed by atoms with Crippen LogP contribution >= 0.6 is 23.5 Å². The molecule has 0 aliphatic carbocycles. The molecule has 1 aromatic rings. The molecule has 2 unspecified atom stereocenters. The minimum Gasteiger partial charge on any atom is -0.394 e. The summed E-state index contributed by atoms with van der Waals surface area (Å²) in [5.74, 6) is -0.436. The Bertz CT molecular complexity index is 453. The van der Waals surface area contributed by atoms with Crippen molar-refractivity contribution in [2.24, 2.45) is 0 Å². The second kappa shape index (κ2) is 4.64. The highest BCUT2D eigenvalue weighted by molar-refractivity contribution is 8.20. The van der Waals surface area contributed by atoms with Crippen LogP contribution in [0.15, 0.2) is 11.0 Å². The van der Waals surface area contributed by atoms with Crippen LogP contribution in [0.5, 0.6) is 0 Å². The summed E-state index contributed by atoms with van der Waals surface area (Å²) >= 11 is 2.96. The largest absolute Gasteiger partial charge is 0.394 e. The van der Waals surface area contributed by atoms with Crippen LogP contribution in [-0.4, -0.2) is 31.6 Å². The van der Waals surface area contributed by atoms with Gasteiger partial charge < -0.3 is 10.8 Å². The van der Waals surface area contributed by atoms with Gasteiger partial charge in [0.25, 0.3) is 0 Å². The molecule has 16 heavy (non-hydrogen) atoms. The van der Waals surface area contributed by atoms with Crippen molar-refractivity contribution in [3.8, 4) is 0 Å². The van der Waals surface area contributed by atoms with Gasteiger partial charge in [-0.3, -0.25) is 4.57 Å². The van der Waals surface area contributed by atoms with Gasteiger partial charge in [0.2, 0.25) is 0 Å². The van der Waals surface area contributed by atoms with E-state index in [-0.39, 0.29) is 22.4 Å². The minimum absolute atomic E-state index is 0.0255. The molecule has 0 spiro atoms. The van der Waals surface area contributed by atoms with Crippen molar-refractivity contribution in [3.63, 3.8) is 0 Å². The number of hydrogen-bond donors (Lipinski definition) is 2. The molecule has 0 saturated carbocycles. The van der Waals surface area contributed by atoms with Crippen LogP contribution in [0.4, 0.5) is 10.2 Å². The van der Waals surface area contributed by atoms with E-state index in [9.17, 15) is 9.18 Å². The van der Waals surface area contributed by atoms with E-state index in [0.717, 1.165) is 6.20 Å². The Morgan fingerprint density at radius 3 is 3.12 bits per heavy atom. The fourth-order valence-corrected chi connectivity index (χ4v) is 4.20. The van der Waals surface area contributed by atoms with Gasteiger partial charge in [0.05, 0.1) is 16.6 Å². The van der Waals surface area contributed by atoms with Gasteiger partial charge in [0.15, 0.2) is 11.6 Å². The Labute approximate surface area is 99.2 Å². The van der Waals surface area contributed by atoms with Crippen LogP contribution in [0, 0.1) is 5.82 Å². The number of aliphatic hydroxyl groups is 1. The fraction of sp³-hybridized carbons (Fsp3) is 0.500. The summed E-state index contributed by atoms with van der Waals surface area (Å²) < 4.78 is 14.4. The molecule has 0 bridgehead atoms. The number of anilines is 1. The maximum Gasteiger partial charge on any atom is 0.350 e. The SMILES string of the molecule is Nc1nc(=O)n(C2CSC(CO)S2)cc1F. The van der Waals surface area contributed by atoms with Crippen LogP contribution in [0.25, 0.3) is 0 Å². The monoisotopic (exact) mass is 263 g/mol. The van der Waals surface area contributed by atoms with Crippen molar-refractivity contribution < 1.29 is 9.50 Å². The highest BCUT2D eigenvalue weighted by Gasteiger charge is 2.28. The third kappa shape index (κ3) is 2.18. The van der Waals surface area contributed by atoms with Crippen LogP contribution < -0.4 is 11.4 Å². The van der Waals surface area contributed by atoms with Crippen molar-refractivity contribution >= 4 is 29.3 Å². The molecule has 0 amide bonds. The van der Waals surface area contributed by atoms with Crippen LogP contribution in [0.3, 0.4) is 0 Å². The number of thioether (sulfide) groups is 2. The molecule has 1 fully saturated rings. The predicted octanol–water partition coefficient (Wildman–Crippen LogP) is 0.262. The van der Waals surface area contributed by atoms with Crippen molar-refractivity contribution in [3.05, 3.63) is 22.5 Å². The highest BCUT2D eigenvalue weighted by atomic mass is 32.2. The molecular formula is C8H10FN3O2S2. The standard InChI is InChI=1S/C8H10FN3O2S2/c9-4-1-12(8(14)11-7(4)10)5-3-15-6(2-13)16-5/h1,5-6,13H,2-3H2,(H2,10,11,14). The number of nitrogens with zero attached hydrogens (tertiary/aromatic N) is 2. The Kier molecular flexibility index (Phi) is 3.41. The zero-order valence-corrected chi connectivity index (χ0v) is 9.80. The maximum atomic E-state index is 13.2. The van der Waals surface area contributed by atoms with Crippen molar-refractivity contribution in [1.29, 1.82) is 0 Å². The zero-order valence-electron chi connectivity index (χ0n) is 8.17. The number of rotatable bonds is 2. The molecule has 2 heterocycles. The first kappa shape index (κ1) is 11.7. The van der Waals surface area contributed by atoms with Gasteiger partial charge >= 0.3 is 5.69 Å². The molecule has 0 radical (unpaired) electrons. The molecule has 1 saturated heterocycles. The van der Waals surface area contributed by atoms with E-state index in [4.69, 9.17) is 10.8 Å². The first-order valence-corrected chi connectivity index (χ1v) is 6.53. The summed E-state index contributed by atoms with van der Waals surface area (Å²) in [5, 5.41) is 8.76. The van der Waals surface area contributed by atoms with E-state index in [1.807, 2.05) is 0 Å². The quantitative estimate of drug-likeness (QED) is 0.796. The molecule has 88 valence electrons. The number of halogens is 1. The lowest BCUT2D eigenvalue weighted by atomic mass is 10.5. The second-order valence-electron chi connectivity index (χ2n) is 3.20. The van der Waals surface area contributed by atoms with Crippen molar-refractivity contribution in [2.45, 2.75) is 9.96 Å². The van der Waals surface area contributed by atoms with Gasteiger partial charge in [-0.05, 0) is 0 Å². The van der Waals surface area contributed by atoms with Crippen LogP contribution in [0.2, 0.25) is 0 Å². The van der Waals surface area contributed by atoms with Gasteiger partial charge in [-0.2, -0.15) is 4.98 Å². The second-order valence-corrected chi connectivity index (χ2v) is 6.12. The van der Waals surface area contributed by atoms with Gasteiger partial charge in [0, 0.05) is 11.9 Å². The van der Waals surface area contributed by atoms with E-state index in [0.29, 0.717) is 5.75 Å². The maximum absolute atomic E-state index is 13.2. The zero-order chi connectivity index (χ0) is 11.7. The molecule has 2 rings (SSSR count). The summed E-state index contributed by atoms with van der Waals surface area (Å²) in [6.07, 6.45) is 1.07. The van der Waals surface area contributed by atoms with Crippen LogP contribution in [0.1, 0.15) is 5.37 Å². The molecule has 3 N–H and O–H groups in total. The minimum atomic E-state index is -0.697. The van der Waals surface area contributed by atoms with Gasteiger partial charge in [-0.1, -0.05) is 0 Å². The summed E-state index contributed by atoms with van der Waals surface area (Å²) in [7, 11) is 0. The Hall–Kier alpha value is -0.730. The molecule has 8 heteroatoms. The average Bonchev–Trinajstić information content (AvgIpc) is 2.71. The lowest BCUT2D eigenvalue weighted by molar-refractivity contribution is 0.316. The lowest BCUT2D eigenvalue weighted by Crippen LogP contribution is -2.27.